The molecule has 0 radical (unpaired) electrons. The van der Waals surface area contributed by atoms with E-state index in [1.807, 2.05) is 6.33 Å². The maximum absolute atomic E-state index is 4.29. The Labute approximate surface area is 101 Å². The average molecular weight is 228 g/mol. The Kier molecular flexibility index (Phi) is 2.35. The van der Waals surface area contributed by atoms with Gasteiger partial charge in [-0.1, -0.05) is 18.2 Å². The minimum atomic E-state index is 0.316. The average Bonchev–Trinajstić information content (AvgIpc) is 2.94. The zero-order valence-electron chi connectivity index (χ0n) is 10.1. The number of nitrogens with zero attached hydrogens (tertiary/aromatic N) is 3. The lowest BCUT2D eigenvalue weighted by molar-refractivity contribution is 0.556. The standard InChI is InChI=1S/C13H16N4/c1-9(2)17-8-15-16-13(17)11-7-14-12-6-4-3-5-10(11)12/h3-6,8-9,11,14H,7H2,1-2H3. The molecule has 3 rings (SSSR count). The Balaban J connectivity index is 2.04. The van der Waals surface area contributed by atoms with Gasteiger partial charge in [-0.05, 0) is 25.5 Å². The van der Waals surface area contributed by atoms with Crippen molar-refractivity contribution in [3.63, 3.8) is 0 Å². The normalized spacial score (nSPS) is 18.2. The zero-order chi connectivity index (χ0) is 11.8. The third-order valence-corrected chi connectivity index (χ3v) is 3.30. The molecule has 17 heavy (non-hydrogen) atoms. The number of hydrogen-bond donors (Lipinski definition) is 1. The van der Waals surface area contributed by atoms with Crippen LogP contribution in [0.15, 0.2) is 30.6 Å². The molecule has 0 aliphatic carbocycles. The summed E-state index contributed by atoms with van der Waals surface area (Å²) < 4.78 is 2.15. The van der Waals surface area contributed by atoms with Crippen LogP contribution in [0.25, 0.3) is 0 Å². The molecule has 0 bridgehead atoms. The van der Waals surface area contributed by atoms with Crippen LogP contribution in [-0.2, 0) is 0 Å². The van der Waals surface area contributed by atoms with Gasteiger partial charge in [-0.3, -0.25) is 0 Å². The van der Waals surface area contributed by atoms with Crippen molar-refractivity contribution in [2.45, 2.75) is 25.8 Å². The number of anilines is 1. The van der Waals surface area contributed by atoms with Gasteiger partial charge in [0.2, 0.25) is 0 Å². The van der Waals surface area contributed by atoms with Crippen LogP contribution in [0.3, 0.4) is 0 Å². The highest BCUT2D eigenvalue weighted by molar-refractivity contribution is 5.59. The van der Waals surface area contributed by atoms with Crippen LogP contribution >= 0.6 is 0 Å². The second-order valence-corrected chi connectivity index (χ2v) is 4.71. The van der Waals surface area contributed by atoms with Crippen LogP contribution in [0.4, 0.5) is 5.69 Å². The van der Waals surface area contributed by atoms with Crippen molar-refractivity contribution >= 4 is 5.69 Å². The summed E-state index contributed by atoms with van der Waals surface area (Å²) in [6.07, 6.45) is 1.82. The largest absolute Gasteiger partial charge is 0.384 e. The third-order valence-electron chi connectivity index (χ3n) is 3.30. The fourth-order valence-electron chi connectivity index (χ4n) is 2.41. The van der Waals surface area contributed by atoms with E-state index in [9.17, 15) is 0 Å². The number of rotatable bonds is 2. The highest BCUT2D eigenvalue weighted by Crippen LogP contribution is 2.35. The minimum Gasteiger partial charge on any atom is -0.384 e. The van der Waals surface area contributed by atoms with Gasteiger partial charge in [0.05, 0.1) is 5.92 Å². The number of nitrogens with one attached hydrogen (secondary N) is 1. The molecular formula is C13H16N4. The van der Waals surface area contributed by atoms with Crippen LogP contribution in [0.2, 0.25) is 0 Å². The lowest BCUT2D eigenvalue weighted by Crippen LogP contribution is -2.13. The number of benzene rings is 1. The quantitative estimate of drug-likeness (QED) is 0.858. The van der Waals surface area contributed by atoms with E-state index in [1.165, 1.54) is 11.3 Å². The van der Waals surface area contributed by atoms with Crippen molar-refractivity contribution in [1.29, 1.82) is 0 Å². The summed E-state index contributed by atoms with van der Waals surface area (Å²) in [5, 5.41) is 11.8. The number of para-hydroxylation sites is 1. The molecule has 0 spiro atoms. The zero-order valence-corrected chi connectivity index (χ0v) is 10.1. The summed E-state index contributed by atoms with van der Waals surface area (Å²) in [6.45, 7) is 5.22. The summed E-state index contributed by atoms with van der Waals surface area (Å²) in [6, 6.07) is 8.81. The van der Waals surface area contributed by atoms with E-state index in [1.54, 1.807) is 0 Å². The first kappa shape index (κ1) is 10.3. The third kappa shape index (κ3) is 1.60. The second kappa shape index (κ2) is 3.87. The van der Waals surface area contributed by atoms with Crippen molar-refractivity contribution < 1.29 is 0 Å². The van der Waals surface area contributed by atoms with Gasteiger partial charge >= 0.3 is 0 Å². The maximum atomic E-state index is 4.29. The molecule has 1 N–H and O–H groups in total. The fourth-order valence-corrected chi connectivity index (χ4v) is 2.41. The van der Waals surface area contributed by atoms with Crippen LogP contribution in [0.5, 0.6) is 0 Å². The van der Waals surface area contributed by atoms with E-state index in [2.05, 4.69) is 58.2 Å². The van der Waals surface area contributed by atoms with Gasteiger partial charge in [0, 0.05) is 18.3 Å². The number of hydrogen-bond acceptors (Lipinski definition) is 3. The molecule has 0 amide bonds. The maximum Gasteiger partial charge on any atom is 0.142 e. The molecule has 2 heterocycles. The second-order valence-electron chi connectivity index (χ2n) is 4.71. The molecule has 1 aliphatic heterocycles. The molecule has 1 aromatic heterocycles. The smallest absolute Gasteiger partial charge is 0.142 e. The monoisotopic (exact) mass is 228 g/mol. The lowest BCUT2D eigenvalue weighted by Gasteiger charge is -2.14. The Bertz CT molecular complexity index is 530. The molecule has 4 heteroatoms. The van der Waals surface area contributed by atoms with E-state index in [-0.39, 0.29) is 0 Å². The van der Waals surface area contributed by atoms with Crippen LogP contribution in [-0.4, -0.2) is 21.3 Å². The van der Waals surface area contributed by atoms with E-state index < -0.39 is 0 Å². The molecule has 0 saturated carbocycles. The highest BCUT2D eigenvalue weighted by Gasteiger charge is 2.27. The topological polar surface area (TPSA) is 42.7 Å². The van der Waals surface area contributed by atoms with Gasteiger partial charge in [0.25, 0.3) is 0 Å². The molecule has 0 saturated heterocycles. The van der Waals surface area contributed by atoms with Crippen LogP contribution in [0, 0.1) is 0 Å². The number of aromatic nitrogens is 3. The summed E-state index contributed by atoms with van der Waals surface area (Å²) in [5.74, 6) is 1.37. The highest BCUT2D eigenvalue weighted by atomic mass is 15.3. The van der Waals surface area contributed by atoms with Crippen molar-refractivity contribution in [2.75, 3.05) is 11.9 Å². The fraction of sp³-hybridized carbons (Fsp3) is 0.385. The molecule has 1 unspecified atom stereocenters. The molecule has 1 atom stereocenters. The molecule has 2 aromatic rings. The molecule has 0 fully saturated rings. The molecule has 1 aromatic carbocycles. The van der Waals surface area contributed by atoms with E-state index >= 15 is 0 Å². The molecule has 4 nitrogen and oxygen atoms in total. The van der Waals surface area contributed by atoms with Crippen molar-refractivity contribution in [2.24, 2.45) is 0 Å². The first-order chi connectivity index (χ1) is 8.27. The first-order valence-electron chi connectivity index (χ1n) is 5.99. The Morgan fingerprint density at radius 2 is 2.18 bits per heavy atom. The molecular weight excluding hydrogens is 212 g/mol. The van der Waals surface area contributed by atoms with Gasteiger partial charge in [-0.25, -0.2) is 0 Å². The predicted molar refractivity (Wildman–Crippen MR) is 67.2 cm³/mol. The summed E-state index contributed by atoms with van der Waals surface area (Å²) >= 11 is 0. The van der Waals surface area contributed by atoms with Gasteiger partial charge < -0.3 is 9.88 Å². The SMILES string of the molecule is CC(C)n1cnnc1C1CNc2ccccc21. The Morgan fingerprint density at radius 3 is 3.00 bits per heavy atom. The van der Waals surface area contributed by atoms with E-state index in [0.717, 1.165) is 12.4 Å². The van der Waals surface area contributed by atoms with Gasteiger partial charge in [0.15, 0.2) is 0 Å². The van der Waals surface area contributed by atoms with Gasteiger partial charge in [0.1, 0.15) is 12.2 Å². The molecule has 88 valence electrons. The van der Waals surface area contributed by atoms with Gasteiger partial charge in [-0.2, -0.15) is 0 Å². The van der Waals surface area contributed by atoms with Crippen LogP contribution in [0.1, 0.15) is 37.2 Å². The summed E-state index contributed by atoms with van der Waals surface area (Å²) in [7, 11) is 0. The van der Waals surface area contributed by atoms with E-state index in [0.29, 0.717) is 12.0 Å². The predicted octanol–water partition coefficient (Wildman–Crippen LogP) is 2.42. The Morgan fingerprint density at radius 1 is 1.35 bits per heavy atom. The summed E-state index contributed by atoms with van der Waals surface area (Å²) in [5.41, 5.74) is 2.54. The summed E-state index contributed by atoms with van der Waals surface area (Å²) in [4.78, 5) is 0. The molecule has 1 aliphatic rings. The van der Waals surface area contributed by atoms with Gasteiger partial charge in [-0.15, -0.1) is 10.2 Å². The van der Waals surface area contributed by atoms with Crippen molar-refractivity contribution in [1.82, 2.24) is 14.8 Å². The van der Waals surface area contributed by atoms with Crippen molar-refractivity contribution in [3.05, 3.63) is 42.0 Å². The van der Waals surface area contributed by atoms with Crippen molar-refractivity contribution in [3.8, 4) is 0 Å². The lowest BCUT2D eigenvalue weighted by atomic mass is 10.0. The minimum absolute atomic E-state index is 0.316. The first-order valence-corrected chi connectivity index (χ1v) is 5.99. The number of fused-ring (bicyclic) bond motifs is 1. The Hall–Kier alpha value is -1.84. The van der Waals surface area contributed by atoms with E-state index in [4.69, 9.17) is 0 Å². The van der Waals surface area contributed by atoms with Crippen LogP contribution < -0.4 is 5.32 Å².